The van der Waals surface area contributed by atoms with Gasteiger partial charge >= 0.3 is 6.03 Å². The summed E-state index contributed by atoms with van der Waals surface area (Å²) in [5.41, 5.74) is 1.86. The number of aromatic nitrogens is 3. The Hall–Kier alpha value is -3.33. The van der Waals surface area contributed by atoms with Crippen LogP contribution in [0.1, 0.15) is 12.0 Å². The van der Waals surface area contributed by atoms with Crippen LogP contribution in [0.25, 0.3) is 11.4 Å². The molecule has 1 aromatic heterocycles. The molecule has 0 radical (unpaired) electrons. The first-order chi connectivity index (χ1) is 14.6. The number of methoxy groups -OCH3 is 1. The molecule has 30 heavy (non-hydrogen) atoms. The molecule has 3 amide bonds. The Morgan fingerprint density at radius 1 is 1.10 bits per heavy atom. The Morgan fingerprint density at radius 2 is 1.90 bits per heavy atom. The molecule has 8 nitrogen and oxygen atoms in total. The number of ether oxygens (including phenoxy) is 1. The van der Waals surface area contributed by atoms with Crippen molar-refractivity contribution < 1.29 is 14.3 Å². The van der Waals surface area contributed by atoms with Crippen molar-refractivity contribution in [2.45, 2.75) is 18.1 Å². The molecule has 0 saturated carbocycles. The number of carbonyl (C=O) groups excluding carboxylic acids is 2. The molecule has 3 rings (SSSR count). The average molecular weight is 426 g/mol. The summed E-state index contributed by atoms with van der Waals surface area (Å²) in [6, 6.07) is 16.6. The Bertz CT molecular complexity index is 1010. The Labute approximate surface area is 179 Å². The molecule has 0 spiro atoms. The number of imide groups is 1. The summed E-state index contributed by atoms with van der Waals surface area (Å²) in [6.07, 6.45) is 0.185. The monoisotopic (exact) mass is 425 g/mol. The van der Waals surface area contributed by atoms with E-state index in [4.69, 9.17) is 4.74 Å². The van der Waals surface area contributed by atoms with Gasteiger partial charge in [-0.3, -0.25) is 10.1 Å². The van der Waals surface area contributed by atoms with Crippen molar-refractivity contribution in [3.05, 3.63) is 60.2 Å². The van der Waals surface area contributed by atoms with Gasteiger partial charge in [0.2, 0.25) is 5.91 Å². The van der Waals surface area contributed by atoms with Gasteiger partial charge in [-0.15, -0.1) is 10.2 Å². The lowest BCUT2D eigenvalue weighted by Crippen LogP contribution is -2.39. The van der Waals surface area contributed by atoms with Crippen molar-refractivity contribution in [3.63, 3.8) is 0 Å². The quantitative estimate of drug-likeness (QED) is 0.539. The van der Waals surface area contributed by atoms with Crippen molar-refractivity contribution in [2.75, 3.05) is 12.9 Å². The lowest BCUT2D eigenvalue weighted by molar-refractivity contribution is -0.119. The van der Waals surface area contributed by atoms with Crippen molar-refractivity contribution in [1.29, 1.82) is 0 Å². The molecule has 9 heteroatoms. The van der Waals surface area contributed by atoms with Crippen LogP contribution in [-0.4, -0.2) is 39.6 Å². The molecule has 0 atom stereocenters. The zero-order chi connectivity index (χ0) is 21.3. The van der Waals surface area contributed by atoms with Crippen LogP contribution in [0.2, 0.25) is 0 Å². The lowest BCUT2D eigenvalue weighted by Gasteiger charge is -2.07. The van der Waals surface area contributed by atoms with Crippen LogP contribution < -0.4 is 15.4 Å². The van der Waals surface area contributed by atoms with E-state index in [1.54, 1.807) is 7.11 Å². The molecule has 0 bridgehead atoms. The number of hydrogen-bond donors (Lipinski definition) is 2. The third kappa shape index (κ3) is 5.84. The molecule has 0 aliphatic heterocycles. The predicted octanol–water partition coefficient (Wildman–Crippen LogP) is 3.00. The van der Waals surface area contributed by atoms with Crippen molar-refractivity contribution in [2.24, 2.45) is 7.05 Å². The van der Waals surface area contributed by atoms with Crippen molar-refractivity contribution >= 4 is 23.7 Å². The summed E-state index contributed by atoms with van der Waals surface area (Å²) < 4.78 is 7.11. The van der Waals surface area contributed by atoms with Crippen molar-refractivity contribution in [3.8, 4) is 17.1 Å². The molecule has 0 aliphatic rings. The van der Waals surface area contributed by atoms with Gasteiger partial charge in [0, 0.05) is 31.3 Å². The fourth-order valence-electron chi connectivity index (χ4n) is 2.70. The maximum Gasteiger partial charge on any atom is 0.321 e. The fourth-order valence-corrected chi connectivity index (χ4v) is 3.55. The van der Waals surface area contributed by atoms with E-state index in [0.717, 1.165) is 16.9 Å². The maximum absolute atomic E-state index is 12.0. The maximum atomic E-state index is 12.0. The molecule has 1 heterocycles. The Balaban J connectivity index is 1.45. The van der Waals surface area contributed by atoms with Crippen molar-refractivity contribution in [1.82, 2.24) is 25.4 Å². The summed E-state index contributed by atoms with van der Waals surface area (Å²) in [6.45, 7) is 0.362. The van der Waals surface area contributed by atoms with E-state index in [1.807, 2.05) is 66.2 Å². The second-order valence-corrected chi connectivity index (χ2v) is 7.47. The first-order valence-corrected chi connectivity index (χ1v) is 10.3. The van der Waals surface area contributed by atoms with E-state index in [-0.39, 0.29) is 12.3 Å². The molecule has 0 aliphatic carbocycles. The smallest absolute Gasteiger partial charge is 0.321 e. The highest BCUT2D eigenvalue weighted by atomic mass is 32.2. The second kappa shape index (κ2) is 10.4. The minimum atomic E-state index is -0.507. The highest BCUT2D eigenvalue weighted by Crippen LogP contribution is 2.25. The van der Waals surface area contributed by atoms with E-state index in [1.165, 1.54) is 11.8 Å². The van der Waals surface area contributed by atoms with Gasteiger partial charge in [-0.1, -0.05) is 54.2 Å². The fraction of sp³-hybridized carbons (Fsp3) is 0.238. The molecule has 0 unspecified atom stereocenters. The second-order valence-electron chi connectivity index (χ2n) is 6.41. The van der Waals surface area contributed by atoms with Gasteiger partial charge in [0.1, 0.15) is 5.75 Å². The van der Waals surface area contributed by atoms with Gasteiger partial charge in [0.05, 0.1) is 7.11 Å². The summed E-state index contributed by atoms with van der Waals surface area (Å²) in [5.74, 6) is 1.58. The number of rotatable bonds is 8. The SMILES string of the molecule is COc1cccc(-c2nnc(SCCC(=O)NC(=O)NCc3ccccc3)n2C)c1. The number of carbonyl (C=O) groups is 2. The van der Waals surface area contributed by atoms with Gasteiger partial charge < -0.3 is 14.6 Å². The van der Waals surface area contributed by atoms with E-state index in [9.17, 15) is 9.59 Å². The molecule has 2 aromatic carbocycles. The standard InChI is InChI=1S/C21H23N5O3S/c1-26-19(16-9-6-10-17(13-16)29-2)24-25-21(26)30-12-11-18(27)23-20(28)22-14-15-7-4-3-5-8-15/h3-10,13H,11-12,14H2,1-2H3,(H2,22,23,27,28). The number of nitrogens with zero attached hydrogens (tertiary/aromatic N) is 3. The van der Waals surface area contributed by atoms with Crippen LogP contribution in [0.5, 0.6) is 5.75 Å². The van der Waals surface area contributed by atoms with Gasteiger partial charge in [0.15, 0.2) is 11.0 Å². The van der Waals surface area contributed by atoms with Gasteiger partial charge in [-0.05, 0) is 17.7 Å². The number of amides is 3. The molecule has 0 saturated heterocycles. The third-order valence-electron chi connectivity index (χ3n) is 4.27. The minimum Gasteiger partial charge on any atom is -0.497 e. The number of nitrogens with one attached hydrogen (secondary N) is 2. The van der Waals surface area contributed by atoms with E-state index >= 15 is 0 Å². The average Bonchev–Trinajstić information content (AvgIpc) is 3.13. The molecular formula is C21H23N5O3S. The normalized spacial score (nSPS) is 10.5. The van der Waals surface area contributed by atoms with E-state index in [0.29, 0.717) is 23.3 Å². The van der Waals surface area contributed by atoms with Gasteiger partial charge in [-0.2, -0.15) is 0 Å². The lowest BCUT2D eigenvalue weighted by atomic mass is 10.2. The largest absolute Gasteiger partial charge is 0.497 e. The molecular weight excluding hydrogens is 402 g/mol. The Kier molecular flexibility index (Phi) is 7.45. The van der Waals surface area contributed by atoms with Crippen LogP contribution in [0, 0.1) is 0 Å². The topological polar surface area (TPSA) is 98.1 Å². The number of benzene rings is 2. The first-order valence-electron chi connectivity index (χ1n) is 9.35. The van der Waals surface area contributed by atoms with Crippen LogP contribution in [0.3, 0.4) is 0 Å². The highest BCUT2D eigenvalue weighted by molar-refractivity contribution is 7.99. The summed E-state index contributed by atoms with van der Waals surface area (Å²) in [4.78, 5) is 23.8. The summed E-state index contributed by atoms with van der Waals surface area (Å²) in [5, 5.41) is 14.1. The minimum absolute atomic E-state index is 0.185. The zero-order valence-corrected chi connectivity index (χ0v) is 17.6. The third-order valence-corrected chi connectivity index (χ3v) is 5.29. The van der Waals surface area contributed by atoms with E-state index < -0.39 is 6.03 Å². The molecule has 2 N–H and O–H groups in total. The summed E-state index contributed by atoms with van der Waals surface area (Å²) >= 11 is 1.40. The zero-order valence-electron chi connectivity index (χ0n) is 16.8. The number of hydrogen-bond acceptors (Lipinski definition) is 6. The number of urea groups is 1. The highest BCUT2D eigenvalue weighted by Gasteiger charge is 2.13. The molecule has 3 aromatic rings. The number of thioether (sulfide) groups is 1. The molecule has 0 fully saturated rings. The van der Waals surface area contributed by atoms with Gasteiger partial charge in [0.25, 0.3) is 0 Å². The predicted molar refractivity (Wildman–Crippen MR) is 115 cm³/mol. The van der Waals surface area contributed by atoms with Crippen LogP contribution >= 0.6 is 11.8 Å². The van der Waals surface area contributed by atoms with Crippen LogP contribution in [-0.2, 0) is 18.4 Å². The van der Waals surface area contributed by atoms with Gasteiger partial charge in [-0.25, -0.2) is 4.79 Å². The Morgan fingerprint density at radius 3 is 2.67 bits per heavy atom. The van der Waals surface area contributed by atoms with Crippen LogP contribution in [0.15, 0.2) is 59.8 Å². The summed E-state index contributed by atoms with van der Waals surface area (Å²) in [7, 11) is 3.48. The van der Waals surface area contributed by atoms with E-state index in [2.05, 4.69) is 20.8 Å². The first kappa shape index (κ1) is 21.4. The molecule has 156 valence electrons. The van der Waals surface area contributed by atoms with Crippen LogP contribution in [0.4, 0.5) is 4.79 Å².